The molecule has 4 heteroatoms. The molecule has 0 aliphatic rings. The van der Waals surface area contributed by atoms with Gasteiger partial charge in [0.2, 0.25) is 0 Å². The molecule has 0 radical (unpaired) electrons. The van der Waals surface area contributed by atoms with Gasteiger partial charge < -0.3 is 10.4 Å². The van der Waals surface area contributed by atoms with E-state index in [9.17, 15) is 0 Å². The number of nitrogens with one attached hydrogen (secondary N) is 1. The van der Waals surface area contributed by atoms with E-state index in [1.54, 1.807) is 6.20 Å². The van der Waals surface area contributed by atoms with Crippen molar-refractivity contribution >= 4 is 17.0 Å². The first kappa shape index (κ1) is 10.1. The molecule has 2 N–H and O–H groups in total. The lowest BCUT2D eigenvalue weighted by Gasteiger charge is -2.01. The highest BCUT2D eigenvalue weighted by molar-refractivity contribution is 7.15. The monoisotopic (exact) mass is 220 g/mol. The highest BCUT2D eigenvalue weighted by atomic mass is 32.1. The van der Waals surface area contributed by atoms with Crippen LogP contribution in [0.15, 0.2) is 30.5 Å². The maximum Gasteiger partial charge on any atom is 0.119 e. The van der Waals surface area contributed by atoms with E-state index in [1.807, 2.05) is 25.2 Å². The van der Waals surface area contributed by atoms with Gasteiger partial charge >= 0.3 is 0 Å². The lowest BCUT2D eigenvalue weighted by Crippen LogP contribution is -1.86. The van der Waals surface area contributed by atoms with E-state index in [2.05, 4.69) is 16.4 Å². The summed E-state index contributed by atoms with van der Waals surface area (Å²) in [4.78, 5) is 5.19. The molecule has 0 spiro atoms. The van der Waals surface area contributed by atoms with Gasteiger partial charge in [-0.2, -0.15) is 0 Å². The van der Waals surface area contributed by atoms with Gasteiger partial charge in [0.15, 0.2) is 0 Å². The predicted molar refractivity (Wildman–Crippen MR) is 63.0 cm³/mol. The molecule has 1 aromatic carbocycles. The van der Waals surface area contributed by atoms with Crippen LogP contribution in [-0.4, -0.2) is 17.1 Å². The number of aliphatic hydroxyl groups excluding tert-OH is 1. The van der Waals surface area contributed by atoms with Crippen LogP contribution < -0.4 is 5.32 Å². The zero-order valence-corrected chi connectivity index (χ0v) is 9.21. The molecule has 0 unspecified atom stereocenters. The zero-order chi connectivity index (χ0) is 10.7. The van der Waals surface area contributed by atoms with Gasteiger partial charge in [-0.1, -0.05) is 12.1 Å². The number of hydrogen-bond donors (Lipinski definition) is 2. The van der Waals surface area contributed by atoms with E-state index >= 15 is 0 Å². The summed E-state index contributed by atoms with van der Waals surface area (Å²) in [6.07, 6.45) is 1.80. The minimum atomic E-state index is 0.0103. The second kappa shape index (κ2) is 4.42. The molecule has 0 bridgehead atoms. The van der Waals surface area contributed by atoms with E-state index in [4.69, 9.17) is 5.11 Å². The Hall–Kier alpha value is -1.39. The third-order valence-electron chi connectivity index (χ3n) is 2.12. The first-order valence-corrected chi connectivity index (χ1v) is 5.49. The molecule has 2 rings (SSSR count). The third-order valence-corrected chi connectivity index (χ3v) is 3.16. The van der Waals surface area contributed by atoms with Crippen LogP contribution in [0, 0.1) is 0 Å². The van der Waals surface area contributed by atoms with Gasteiger partial charge in [-0.3, -0.25) is 0 Å². The Morgan fingerprint density at radius 2 is 2.33 bits per heavy atom. The van der Waals surface area contributed by atoms with Gasteiger partial charge in [0.05, 0.1) is 11.5 Å². The second-order valence-corrected chi connectivity index (χ2v) is 4.22. The van der Waals surface area contributed by atoms with Crippen LogP contribution in [0.4, 0.5) is 5.69 Å². The van der Waals surface area contributed by atoms with Crippen LogP contribution >= 0.6 is 11.3 Å². The number of nitrogens with zero attached hydrogens (tertiary/aromatic N) is 1. The summed E-state index contributed by atoms with van der Waals surface area (Å²) < 4.78 is 0. The topological polar surface area (TPSA) is 45.2 Å². The van der Waals surface area contributed by atoms with Crippen molar-refractivity contribution in [1.29, 1.82) is 0 Å². The quantitative estimate of drug-likeness (QED) is 0.834. The highest BCUT2D eigenvalue weighted by Gasteiger charge is 2.03. The Kier molecular flexibility index (Phi) is 2.99. The molecule has 0 aliphatic heterocycles. The second-order valence-electron chi connectivity index (χ2n) is 3.11. The first-order chi connectivity index (χ1) is 7.33. The Labute approximate surface area is 92.4 Å². The van der Waals surface area contributed by atoms with Crippen LogP contribution in [-0.2, 0) is 6.61 Å². The van der Waals surface area contributed by atoms with E-state index in [-0.39, 0.29) is 6.61 Å². The van der Waals surface area contributed by atoms with Crippen LogP contribution in [0.5, 0.6) is 0 Å². The Morgan fingerprint density at radius 1 is 1.47 bits per heavy atom. The zero-order valence-electron chi connectivity index (χ0n) is 8.40. The molecule has 0 aliphatic carbocycles. The summed E-state index contributed by atoms with van der Waals surface area (Å²) >= 11 is 1.52. The number of aromatic nitrogens is 1. The molecule has 2 aromatic rings. The van der Waals surface area contributed by atoms with Crippen molar-refractivity contribution in [2.45, 2.75) is 6.61 Å². The van der Waals surface area contributed by atoms with Crippen molar-refractivity contribution in [3.8, 4) is 10.4 Å². The summed E-state index contributed by atoms with van der Waals surface area (Å²) in [5, 5.41) is 12.8. The summed E-state index contributed by atoms with van der Waals surface area (Å²) in [5.41, 5.74) is 2.20. The van der Waals surface area contributed by atoms with Crippen LogP contribution in [0.3, 0.4) is 0 Å². The number of hydrogen-bond acceptors (Lipinski definition) is 4. The molecule has 1 aromatic heterocycles. The van der Waals surface area contributed by atoms with Gasteiger partial charge in [0, 0.05) is 18.9 Å². The third kappa shape index (κ3) is 2.16. The number of thiazole rings is 1. The molecule has 0 amide bonds. The average molecular weight is 220 g/mol. The Morgan fingerprint density at radius 3 is 3.00 bits per heavy atom. The number of aliphatic hydroxyl groups is 1. The van der Waals surface area contributed by atoms with E-state index in [0.29, 0.717) is 0 Å². The maximum atomic E-state index is 8.93. The lowest BCUT2D eigenvalue weighted by molar-refractivity contribution is 0.281. The SMILES string of the molecule is CNc1cccc(-c2cnc(CO)s2)c1. The van der Waals surface area contributed by atoms with Gasteiger partial charge in [0.25, 0.3) is 0 Å². The lowest BCUT2D eigenvalue weighted by atomic mass is 10.2. The fourth-order valence-electron chi connectivity index (χ4n) is 1.34. The summed E-state index contributed by atoms with van der Waals surface area (Å²) in [7, 11) is 1.89. The Balaban J connectivity index is 2.35. The van der Waals surface area contributed by atoms with Crippen LogP contribution in [0.25, 0.3) is 10.4 Å². The fourth-order valence-corrected chi connectivity index (χ4v) is 2.12. The van der Waals surface area contributed by atoms with Crippen molar-refractivity contribution in [2.75, 3.05) is 12.4 Å². The molecule has 1 heterocycles. The molecule has 0 fully saturated rings. The van der Waals surface area contributed by atoms with E-state index < -0.39 is 0 Å². The van der Waals surface area contributed by atoms with E-state index in [0.717, 1.165) is 21.1 Å². The molecule has 3 nitrogen and oxygen atoms in total. The largest absolute Gasteiger partial charge is 0.389 e. The van der Waals surface area contributed by atoms with Crippen LogP contribution in [0.2, 0.25) is 0 Å². The molecule has 78 valence electrons. The van der Waals surface area contributed by atoms with Crippen molar-refractivity contribution in [3.05, 3.63) is 35.5 Å². The average Bonchev–Trinajstić information content (AvgIpc) is 2.78. The normalized spacial score (nSPS) is 10.3. The predicted octanol–water partition coefficient (Wildman–Crippen LogP) is 2.34. The van der Waals surface area contributed by atoms with Crippen molar-refractivity contribution in [3.63, 3.8) is 0 Å². The Bertz CT molecular complexity index is 453. The highest BCUT2D eigenvalue weighted by Crippen LogP contribution is 2.27. The fraction of sp³-hybridized carbons (Fsp3) is 0.182. The minimum Gasteiger partial charge on any atom is -0.389 e. The maximum absolute atomic E-state index is 8.93. The van der Waals surface area contributed by atoms with Crippen molar-refractivity contribution in [1.82, 2.24) is 4.98 Å². The summed E-state index contributed by atoms with van der Waals surface area (Å²) in [6, 6.07) is 8.11. The van der Waals surface area contributed by atoms with Crippen molar-refractivity contribution in [2.24, 2.45) is 0 Å². The number of anilines is 1. The molecule has 15 heavy (non-hydrogen) atoms. The number of benzene rings is 1. The van der Waals surface area contributed by atoms with Gasteiger partial charge in [-0.25, -0.2) is 4.98 Å². The van der Waals surface area contributed by atoms with Gasteiger partial charge in [0.1, 0.15) is 5.01 Å². The first-order valence-electron chi connectivity index (χ1n) is 4.67. The molecule has 0 saturated carbocycles. The van der Waals surface area contributed by atoms with Crippen LogP contribution in [0.1, 0.15) is 5.01 Å². The van der Waals surface area contributed by atoms with Crippen molar-refractivity contribution < 1.29 is 5.11 Å². The summed E-state index contributed by atoms with van der Waals surface area (Å²) in [6.45, 7) is 0.0103. The number of rotatable bonds is 3. The summed E-state index contributed by atoms with van der Waals surface area (Å²) in [5.74, 6) is 0. The van der Waals surface area contributed by atoms with Gasteiger partial charge in [-0.15, -0.1) is 11.3 Å². The standard InChI is InChI=1S/C11H12N2OS/c1-12-9-4-2-3-8(5-9)10-6-13-11(7-14)15-10/h2-6,12,14H,7H2,1H3. The smallest absolute Gasteiger partial charge is 0.119 e. The van der Waals surface area contributed by atoms with Gasteiger partial charge in [-0.05, 0) is 17.7 Å². The minimum absolute atomic E-state index is 0.0103. The molecule has 0 saturated heterocycles. The molecular formula is C11H12N2OS. The molecule has 0 atom stereocenters. The van der Waals surface area contributed by atoms with E-state index in [1.165, 1.54) is 11.3 Å². The molecular weight excluding hydrogens is 208 g/mol.